The molecule has 0 saturated carbocycles. The molecular weight excluding hydrogens is 386 g/mol. The summed E-state index contributed by atoms with van der Waals surface area (Å²) in [6.45, 7) is 11.6. The number of carbonyl (C=O) groups excluding carboxylic acids is 1. The normalized spacial score (nSPS) is 16.0. The molecule has 1 aliphatic rings. The number of nitrogens with one attached hydrogen (secondary N) is 1. The van der Waals surface area contributed by atoms with E-state index in [9.17, 15) is 4.79 Å². The second-order valence-corrected chi connectivity index (χ2v) is 8.63. The molecule has 2 aromatic carbocycles. The van der Waals surface area contributed by atoms with Gasteiger partial charge in [0.1, 0.15) is 11.6 Å². The van der Waals surface area contributed by atoms with Gasteiger partial charge in [-0.2, -0.15) is 0 Å². The number of fused-ring (bicyclic) bond motifs is 1. The Hall–Kier alpha value is -2.99. The van der Waals surface area contributed by atoms with Crippen LogP contribution in [0.15, 0.2) is 48.5 Å². The molecule has 1 atom stereocenters. The van der Waals surface area contributed by atoms with Crippen LogP contribution in [-0.4, -0.2) is 53.0 Å². The number of benzene rings is 2. The van der Waals surface area contributed by atoms with Crippen molar-refractivity contribution in [3.05, 3.63) is 60.0 Å². The van der Waals surface area contributed by atoms with Crippen LogP contribution in [0.1, 0.15) is 38.2 Å². The average molecular weight is 418 g/mol. The van der Waals surface area contributed by atoms with Crippen LogP contribution in [0, 0.1) is 6.92 Å². The summed E-state index contributed by atoms with van der Waals surface area (Å²) in [4.78, 5) is 26.7. The predicted octanol–water partition coefficient (Wildman–Crippen LogP) is 4.21. The van der Waals surface area contributed by atoms with E-state index in [1.54, 1.807) is 0 Å². The van der Waals surface area contributed by atoms with Crippen molar-refractivity contribution in [2.24, 2.45) is 0 Å². The van der Waals surface area contributed by atoms with Crippen LogP contribution >= 0.6 is 0 Å². The maximum atomic E-state index is 12.9. The smallest absolute Gasteiger partial charge is 0.241 e. The zero-order valence-corrected chi connectivity index (χ0v) is 18.8. The summed E-state index contributed by atoms with van der Waals surface area (Å²) in [5.74, 6) is 2.21. The monoisotopic (exact) mass is 417 g/mol. The minimum atomic E-state index is -0.188. The standard InChI is InChI=1S/C25H31N5O/c1-17(2)24-26-18(3)15-23(28-24)30-13-11-29(12-14-30)19(4)25(31)27-22-10-9-20-7-5-6-8-21(20)16-22/h5-10,15-17,19H,11-14H2,1-4H3,(H,27,31). The molecular formula is C25H31N5O. The van der Waals surface area contributed by atoms with Crippen LogP contribution in [0.4, 0.5) is 11.5 Å². The molecule has 1 aliphatic heterocycles. The number of carbonyl (C=O) groups is 1. The van der Waals surface area contributed by atoms with Crippen LogP contribution in [0.2, 0.25) is 0 Å². The second kappa shape index (κ2) is 9.02. The molecule has 1 unspecified atom stereocenters. The fourth-order valence-electron chi connectivity index (χ4n) is 4.01. The first-order valence-electron chi connectivity index (χ1n) is 11.0. The highest BCUT2D eigenvalue weighted by Gasteiger charge is 2.26. The summed E-state index contributed by atoms with van der Waals surface area (Å²) >= 11 is 0. The van der Waals surface area contributed by atoms with Gasteiger partial charge in [0.05, 0.1) is 6.04 Å². The molecule has 0 aliphatic carbocycles. The molecule has 2 heterocycles. The van der Waals surface area contributed by atoms with Gasteiger partial charge in [0.15, 0.2) is 0 Å². The van der Waals surface area contributed by atoms with E-state index in [4.69, 9.17) is 4.98 Å². The van der Waals surface area contributed by atoms with Gasteiger partial charge in [0.25, 0.3) is 0 Å². The van der Waals surface area contributed by atoms with Gasteiger partial charge in [-0.1, -0.05) is 44.2 Å². The minimum Gasteiger partial charge on any atom is -0.354 e. The first kappa shape index (κ1) is 21.2. The Labute approximate surface area is 184 Å². The molecule has 1 fully saturated rings. The van der Waals surface area contributed by atoms with Crippen LogP contribution in [0.25, 0.3) is 10.8 Å². The van der Waals surface area contributed by atoms with E-state index >= 15 is 0 Å². The SMILES string of the molecule is Cc1cc(N2CCN(C(C)C(=O)Nc3ccc4ccccc4c3)CC2)nc(C(C)C)n1. The molecule has 0 spiro atoms. The van der Waals surface area contributed by atoms with E-state index in [0.717, 1.165) is 54.6 Å². The maximum Gasteiger partial charge on any atom is 0.241 e. The number of aromatic nitrogens is 2. The molecule has 0 bridgehead atoms. The van der Waals surface area contributed by atoms with Gasteiger partial charge in [-0.15, -0.1) is 0 Å². The van der Waals surface area contributed by atoms with Crippen LogP contribution in [0.3, 0.4) is 0 Å². The van der Waals surface area contributed by atoms with E-state index in [1.807, 2.05) is 44.2 Å². The van der Waals surface area contributed by atoms with Crippen molar-refractivity contribution in [1.29, 1.82) is 0 Å². The summed E-state index contributed by atoms with van der Waals surface area (Å²) < 4.78 is 0. The predicted molar refractivity (Wildman–Crippen MR) is 127 cm³/mol. The highest BCUT2D eigenvalue weighted by atomic mass is 16.2. The first-order valence-corrected chi connectivity index (χ1v) is 11.0. The van der Waals surface area contributed by atoms with E-state index in [-0.39, 0.29) is 11.9 Å². The molecule has 1 saturated heterocycles. The van der Waals surface area contributed by atoms with E-state index in [2.05, 4.69) is 52.1 Å². The van der Waals surface area contributed by atoms with Crippen LogP contribution in [-0.2, 0) is 4.79 Å². The van der Waals surface area contributed by atoms with Crippen molar-refractivity contribution in [3.63, 3.8) is 0 Å². The van der Waals surface area contributed by atoms with Crippen LogP contribution < -0.4 is 10.2 Å². The van der Waals surface area contributed by atoms with Crippen molar-refractivity contribution in [2.45, 2.75) is 39.7 Å². The fraction of sp³-hybridized carbons (Fsp3) is 0.400. The quantitative estimate of drug-likeness (QED) is 0.674. The number of anilines is 2. The first-order chi connectivity index (χ1) is 14.9. The largest absolute Gasteiger partial charge is 0.354 e. The summed E-state index contributed by atoms with van der Waals surface area (Å²) in [5.41, 5.74) is 1.84. The second-order valence-electron chi connectivity index (χ2n) is 8.63. The lowest BCUT2D eigenvalue weighted by Crippen LogP contribution is -2.53. The highest BCUT2D eigenvalue weighted by Crippen LogP contribution is 2.21. The summed E-state index contributed by atoms with van der Waals surface area (Å²) in [7, 11) is 0. The molecule has 31 heavy (non-hydrogen) atoms. The summed E-state index contributed by atoms with van der Waals surface area (Å²) in [6.07, 6.45) is 0. The average Bonchev–Trinajstić information content (AvgIpc) is 2.78. The Balaban J connectivity index is 1.37. The van der Waals surface area contributed by atoms with E-state index < -0.39 is 0 Å². The molecule has 6 nitrogen and oxygen atoms in total. The van der Waals surface area contributed by atoms with Crippen molar-refractivity contribution in [3.8, 4) is 0 Å². The van der Waals surface area contributed by atoms with Gasteiger partial charge < -0.3 is 10.2 Å². The maximum absolute atomic E-state index is 12.9. The van der Waals surface area contributed by atoms with Crippen molar-refractivity contribution in [1.82, 2.24) is 14.9 Å². The van der Waals surface area contributed by atoms with Gasteiger partial charge in [0, 0.05) is 49.5 Å². The molecule has 3 aromatic rings. The number of aryl methyl sites for hydroxylation is 1. The number of hydrogen-bond acceptors (Lipinski definition) is 5. The van der Waals surface area contributed by atoms with Gasteiger partial charge >= 0.3 is 0 Å². The number of hydrogen-bond donors (Lipinski definition) is 1. The van der Waals surface area contributed by atoms with Crippen molar-refractivity contribution < 1.29 is 4.79 Å². The Morgan fingerprint density at radius 3 is 2.35 bits per heavy atom. The number of rotatable bonds is 5. The number of piperazine rings is 1. The Morgan fingerprint density at radius 1 is 0.935 bits per heavy atom. The van der Waals surface area contributed by atoms with E-state index in [0.29, 0.717) is 5.92 Å². The highest BCUT2D eigenvalue weighted by molar-refractivity contribution is 5.97. The third-order valence-electron chi connectivity index (χ3n) is 5.96. The van der Waals surface area contributed by atoms with Gasteiger partial charge in [-0.25, -0.2) is 9.97 Å². The lowest BCUT2D eigenvalue weighted by atomic mass is 10.1. The lowest BCUT2D eigenvalue weighted by molar-refractivity contribution is -0.120. The van der Waals surface area contributed by atoms with Gasteiger partial charge in [-0.3, -0.25) is 9.69 Å². The molecule has 6 heteroatoms. The molecule has 1 amide bonds. The third-order valence-corrected chi connectivity index (χ3v) is 5.96. The number of amides is 1. The summed E-state index contributed by atoms with van der Waals surface area (Å²) in [6, 6.07) is 16.1. The van der Waals surface area contributed by atoms with E-state index in [1.165, 1.54) is 5.39 Å². The Bertz CT molecular complexity index is 1070. The zero-order valence-electron chi connectivity index (χ0n) is 18.8. The lowest BCUT2D eigenvalue weighted by Gasteiger charge is -2.38. The topological polar surface area (TPSA) is 61.4 Å². The molecule has 4 rings (SSSR count). The molecule has 1 N–H and O–H groups in total. The van der Waals surface area contributed by atoms with Crippen LogP contribution in [0.5, 0.6) is 0 Å². The Morgan fingerprint density at radius 2 is 1.65 bits per heavy atom. The van der Waals surface area contributed by atoms with Crippen molar-refractivity contribution >= 4 is 28.2 Å². The van der Waals surface area contributed by atoms with Gasteiger partial charge in [0.2, 0.25) is 5.91 Å². The summed E-state index contributed by atoms with van der Waals surface area (Å²) in [5, 5.41) is 5.39. The zero-order chi connectivity index (χ0) is 22.0. The molecule has 0 radical (unpaired) electrons. The Kier molecular flexibility index (Phi) is 6.18. The molecule has 1 aromatic heterocycles. The number of nitrogens with zero attached hydrogens (tertiary/aromatic N) is 4. The molecule has 162 valence electrons. The van der Waals surface area contributed by atoms with Crippen molar-refractivity contribution in [2.75, 3.05) is 36.4 Å². The van der Waals surface area contributed by atoms with Gasteiger partial charge in [-0.05, 0) is 36.8 Å². The third kappa shape index (κ3) is 4.85. The fourth-order valence-corrected chi connectivity index (χ4v) is 4.01. The minimum absolute atomic E-state index is 0.0312.